The first-order chi connectivity index (χ1) is 10.1. The van der Waals surface area contributed by atoms with Gasteiger partial charge in [-0.15, -0.1) is 0 Å². The van der Waals surface area contributed by atoms with E-state index in [4.69, 9.17) is 4.42 Å². The van der Waals surface area contributed by atoms with E-state index >= 15 is 0 Å². The lowest BCUT2D eigenvalue weighted by Gasteiger charge is -2.38. The average Bonchev–Trinajstić information content (AvgIpc) is 2.89. The number of para-hydroxylation sites is 2. The van der Waals surface area contributed by atoms with Gasteiger partial charge in [0.2, 0.25) is 5.89 Å². The zero-order valence-electron chi connectivity index (χ0n) is 12.2. The maximum absolute atomic E-state index is 11.6. The van der Waals surface area contributed by atoms with Crippen molar-refractivity contribution in [3.8, 4) is 0 Å². The Bertz CT molecular complexity index is 619. The molecular formula is C16H20N2O3. The number of hydrogen-bond donors (Lipinski definition) is 1. The largest absolute Gasteiger partial charge is 0.481 e. The average molecular weight is 288 g/mol. The lowest BCUT2D eigenvalue weighted by molar-refractivity contribution is -0.153. The van der Waals surface area contributed by atoms with E-state index in [-0.39, 0.29) is 0 Å². The number of carboxylic acid groups (broad SMARTS) is 1. The van der Waals surface area contributed by atoms with Gasteiger partial charge in [0.1, 0.15) is 5.52 Å². The molecule has 112 valence electrons. The van der Waals surface area contributed by atoms with Crippen molar-refractivity contribution in [3.63, 3.8) is 0 Å². The fourth-order valence-corrected chi connectivity index (χ4v) is 3.16. The first kappa shape index (κ1) is 14.1. The number of aliphatic carboxylic acids is 1. The Morgan fingerprint density at radius 2 is 2.29 bits per heavy atom. The topological polar surface area (TPSA) is 66.6 Å². The molecule has 1 saturated heterocycles. The third kappa shape index (κ3) is 2.65. The molecule has 2 aromatic rings. The normalized spacial score (nSPS) is 23.5. The van der Waals surface area contributed by atoms with Crippen LogP contribution in [0.3, 0.4) is 0 Å². The minimum Gasteiger partial charge on any atom is -0.481 e. The van der Waals surface area contributed by atoms with Crippen LogP contribution in [-0.2, 0) is 11.3 Å². The van der Waals surface area contributed by atoms with Crippen LogP contribution in [0.1, 0.15) is 32.1 Å². The van der Waals surface area contributed by atoms with Crippen LogP contribution in [0.2, 0.25) is 0 Å². The molecule has 1 atom stereocenters. The predicted octanol–water partition coefficient (Wildman–Crippen LogP) is 2.90. The molecule has 1 aliphatic heterocycles. The number of carboxylic acids is 1. The van der Waals surface area contributed by atoms with Gasteiger partial charge in [-0.1, -0.05) is 19.1 Å². The number of carbonyl (C=O) groups is 1. The molecule has 0 radical (unpaired) electrons. The number of benzene rings is 1. The van der Waals surface area contributed by atoms with Crippen LogP contribution in [0.25, 0.3) is 11.1 Å². The van der Waals surface area contributed by atoms with Gasteiger partial charge in [0.05, 0.1) is 12.0 Å². The number of fused-ring (bicyclic) bond motifs is 1. The summed E-state index contributed by atoms with van der Waals surface area (Å²) < 4.78 is 5.73. The zero-order valence-corrected chi connectivity index (χ0v) is 12.2. The highest BCUT2D eigenvalue weighted by molar-refractivity contribution is 5.75. The molecule has 0 amide bonds. The van der Waals surface area contributed by atoms with Gasteiger partial charge in [0.15, 0.2) is 5.58 Å². The molecule has 1 fully saturated rings. The molecule has 3 rings (SSSR count). The Labute approximate surface area is 123 Å². The quantitative estimate of drug-likeness (QED) is 0.937. The third-order valence-corrected chi connectivity index (χ3v) is 4.48. The van der Waals surface area contributed by atoms with E-state index < -0.39 is 11.4 Å². The number of aromatic nitrogens is 1. The molecule has 1 unspecified atom stereocenters. The molecule has 0 saturated carbocycles. The van der Waals surface area contributed by atoms with E-state index in [2.05, 4.69) is 9.88 Å². The predicted molar refractivity (Wildman–Crippen MR) is 78.9 cm³/mol. The van der Waals surface area contributed by atoms with Crippen molar-refractivity contribution in [3.05, 3.63) is 30.2 Å². The Balaban J connectivity index is 1.76. The van der Waals surface area contributed by atoms with Crippen LogP contribution in [0.15, 0.2) is 28.7 Å². The van der Waals surface area contributed by atoms with Crippen molar-refractivity contribution in [2.45, 2.75) is 32.7 Å². The Hall–Kier alpha value is -1.88. The summed E-state index contributed by atoms with van der Waals surface area (Å²) in [5.74, 6) is -0.0271. The van der Waals surface area contributed by atoms with E-state index in [9.17, 15) is 9.90 Å². The summed E-state index contributed by atoms with van der Waals surface area (Å²) in [5, 5.41) is 9.52. The van der Waals surface area contributed by atoms with Crippen molar-refractivity contribution in [2.75, 3.05) is 13.1 Å². The summed E-state index contributed by atoms with van der Waals surface area (Å²) in [6.45, 7) is 3.99. The molecule has 1 aromatic carbocycles. The van der Waals surface area contributed by atoms with E-state index in [1.54, 1.807) is 0 Å². The van der Waals surface area contributed by atoms with Gasteiger partial charge >= 0.3 is 5.97 Å². The second kappa shape index (κ2) is 5.48. The summed E-state index contributed by atoms with van der Waals surface area (Å²) in [6.07, 6.45) is 2.32. The fraction of sp³-hybridized carbons (Fsp3) is 0.500. The first-order valence-corrected chi connectivity index (χ1v) is 7.43. The molecule has 0 bridgehead atoms. The summed E-state index contributed by atoms with van der Waals surface area (Å²) in [7, 11) is 0. The Morgan fingerprint density at radius 3 is 3.00 bits per heavy atom. The number of rotatable bonds is 4. The fourth-order valence-electron chi connectivity index (χ4n) is 3.16. The third-order valence-electron chi connectivity index (χ3n) is 4.48. The van der Waals surface area contributed by atoms with Crippen LogP contribution in [0.5, 0.6) is 0 Å². The van der Waals surface area contributed by atoms with Crippen LogP contribution in [-0.4, -0.2) is 34.0 Å². The van der Waals surface area contributed by atoms with E-state index in [0.717, 1.165) is 30.5 Å². The highest BCUT2D eigenvalue weighted by Gasteiger charge is 2.40. The number of likely N-dealkylation sites (tertiary alicyclic amines) is 1. The SMILES string of the molecule is CCC1(C(=O)O)CCCN(Cc2nc3ccccc3o2)C1. The monoisotopic (exact) mass is 288 g/mol. The van der Waals surface area contributed by atoms with Crippen LogP contribution >= 0.6 is 0 Å². The lowest BCUT2D eigenvalue weighted by atomic mass is 9.77. The van der Waals surface area contributed by atoms with Gasteiger partial charge in [0.25, 0.3) is 0 Å². The molecule has 1 aliphatic rings. The summed E-state index contributed by atoms with van der Waals surface area (Å²) in [5.41, 5.74) is 1.01. The first-order valence-electron chi connectivity index (χ1n) is 7.43. The molecule has 1 aromatic heterocycles. The van der Waals surface area contributed by atoms with E-state index in [1.165, 1.54) is 0 Å². The van der Waals surface area contributed by atoms with E-state index in [0.29, 0.717) is 25.4 Å². The molecule has 5 heteroatoms. The highest BCUT2D eigenvalue weighted by atomic mass is 16.4. The lowest BCUT2D eigenvalue weighted by Crippen LogP contribution is -2.47. The van der Waals surface area contributed by atoms with Gasteiger partial charge in [0, 0.05) is 6.54 Å². The van der Waals surface area contributed by atoms with Crippen molar-refractivity contribution in [1.82, 2.24) is 9.88 Å². The molecule has 2 heterocycles. The van der Waals surface area contributed by atoms with Gasteiger partial charge in [-0.3, -0.25) is 9.69 Å². The van der Waals surface area contributed by atoms with Crippen molar-refractivity contribution in [2.24, 2.45) is 5.41 Å². The van der Waals surface area contributed by atoms with Crippen molar-refractivity contribution < 1.29 is 14.3 Å². The summed E-state index contributed by atoms with van der Waals surface area (Å²) in [4.78, 5) is 18.2. The highest BCUT2D eigenvalue weighted by Crippen LogP contribution is 2.34. The molecule has 1 N–H and O–H groups in total. The molecular weight excluding hydrogens is 268 g/mol. The molecule has 5 nitrogen and oxygen atoms in total. The van der Waals surface area contributed by atoms with Gasteiger partial charge in [-0.2, -0.15) is 0 Å². The zero-order chi connectivity index (χ0) is 14.9. The number of oxazole rings is 1. The second-order valence-corrected chi connectivity index (χ2v) is 5.83. The van der Waals surface area contributed by atoms with Gasteiger partial charge in [-0.25, -0.2) is 4.98 Å². The number of nitrogens with zero attached hydrogens (tertiary/aromatic N) is 2. The number of hydrogen-bond acceptors (Lipinski definition) is 4. The van der Waals surface area contributed by atoms with Crippen molar-refractivity contribution >= 4 is 17.1 Å². The minimum absolute atomic E-state index is 0.567. The Morgan fingerprint density at radius 1 is 1.48 bits per heavy atom. The standard InChI is InChI=1S/C16H20N2O3/c1-2-16(15(19)20)8-5-9-18(11-16)10-14-17-12-6-3-4-7-13(12)21-14/h3-4,6-7H,2,5,8-11H2,1H3,(H,19,20). The van der Waals surface area contributed by atoms with Gasteiger partial charge in [-0.05, 0) is 37.9 Å². The van der Waals surface area contributed by atoms with E-state index in [1.807, 2.05) is 31.2 Å². The number of piperidine rings is 1. The van der Waals surface area contributed by atoms with Crippen LogP contribution in [0.4, 0.5) is 0 Å². The molecule has 0 spiro atoms. The second-order valence-electron chi connectivity index (χ2n) is 5.83. The summed E-state index contributed by atoms with van der Waals surface area (Å²) in [6, 6.07) is 7.68. The van der Waals surface area contributed by atoms with Crippen LogP contribution < -0.4 is 0 Å². The van der Waals surface area contributed by atoms with Gasteiger partial charge < -0.3 is 9.52 Å². The Kier molecular flexibility index (Phi) is 3.68. The maximum atomic E-state index is 11.6. The maximum Gasteiger partial charge on any atom is 0.310 e. The smallest absolute Gasteiger partial charge is 0.310 e. The molecule has 0 aliphatic carbocycles. The minimum atomic E-state index is -0.688. The van der Waals surface area contributed by atoms with Crippen molar-refractivity contribution in [1.29, 1.82) is 0 Å². The molecule has 21 heavy (non-hydrogen) atoms. The summed E-state index contributed by atoms with van der Waals surface area (Å²) >= 11 is 0. The van der Waals surface area contributed by atoms with Crippen LogP contribution in [0, 0.1) is 5.41 Å².